The van der Waals surface area contributed by atoms with Crippen LogP contribution in [0, 0.1) is 0 Å². The van der Waals surface area contributed by atoms with Crippen LogP contribution in [-0.2, 0) is 13.1 Å². The second-order valence-corrected chi connectivity index (χ2v) is 5.41. The highest BCUT2D eigenvalue weighted by Gasteiger charge is 2.06. The highest BCUT2D eigenvalue weighted by Crippen LogP contribution is 2.28. The summed E-state index contributed by atoms with van der Waals surface area (Å²) in [5.74, 6) is 0. The highest BCUT2D eigenvalue weighted by atomic mass is 35.5. The van der Waals surface area contributed by atoms with E-state index < -0.39 is 0 Å². The largest absolute Gasteiger partial charge is 0.346 e. The third-order valence-corrected chi connectivity index (χ3v) is 3.81. The van der Waals surface area contributed by atoms with Crippen molar-refractivity contribution in [3.8, 4) is 0 Å². The molecule has 0 saturated heterocycles. The van der Waals surface area contributed by atoms with Crippen LogP contribution >= 0.6 is 23.2 Å². The van der Waals surface area contributed by atoms with Gasteiger partial charge in [-0.3, -0.25) is 4.79 Å². The van der Waals surface area contributed by atoms with Crippen LogP contribution in [0.2, 0.25) is 10.0 Å². The predicted octanol–water partition coefficient (Wildman–Crippen LogP) is 3.81. The molecule has 2 heterocycles. The maximum atomic E-state index is 11.7. The monoisotopic (exact) mass is 306 g/mol. The number of aryl methyl sites for hydroxylation is 2. The minimum atomic E-state index is 0.0000245. The van der Waals surface area contributed by atoms with Crippen LogP contribution in [-0.4, -0.2) is 9.13 Å². The molecule has 0 bridgehead atoms. The highest BCUT2D eigenvalue weighted by molar-refractivity contribution is 6.38. The van der Waals surface area contributed by atoms with E-state index in [0.717, 1.165) is 10.9 Å². The van der Waals surface area contributed by atoms with E-state index in [-0.39, 0.29) is 5.56 Å². The maximum absolute atomic E-state index is 11.7. The molecule has 0 spiro atoms. The van der Waals surface area contributed by atoms with Gasteiger partial charge >= 0.3 is 0 Å². The van der Waals surface area contributed by atoms with Gasteiger partial charge in [-0.05, 0) is 24.3 Å². The van der Waals surface area contributed by atoms with Crippen molar-refractivity contribution in [1.82, 2.24) is 9.13 Å². The first-order chi connectivity index (χ1) is 9.65. The van der Waals surface area contributed by atoms with Gasteiger partial charge in [-0.15, -0.1) is 0 Å². The van der Waals surface area contributed by atoms with Crippen molar-refractivity contribution in [1.29, 1.82) is 0 Å². The first-order valence-corrected chi connectivity index (χ1v) is 7.00. The minimum absolute atomic E-state index is 0.0000245. The Balaban J connectivity index is 1.92. The van der Waals surface area contributed by atoms with Crippen molar-refractivity contribution in [2.45, 2.75) is 13.1 Å². The first kappa shape index (κ1) is 13.3. The van der Waals surface area contributed by atoms with Gasteiger partial charge < -0.3 is 9.13 Å². The number of benzene rings is 1. The zero-order valence-electron chi connectivity index (χ0n) is 10.6. The summed E-state index contributed by atoms with van der Waals surface area (Å²) in [6.07, 6.45) is 3.74. The van der Waals surface area contributed by atoms with E-state index >= 15 is 0 Å². The van der Waals surface area contributed by atoms with Crippen molar-refractivity contribution in [2.24, 2.45) is 0 Å². The predicted molar refractivity (Wildman–Crippen MR) is 82.7 cm³/mol. The van der Waals surface area contributed by atoms with Crippen LogP contribution in [0.25, 0.3) is 10.9 Å². The average molecular weight is 307 g/mol. The lowest BCUT2D eigenvalue weighted by molar-refractivity contribution is 0.577. The Morgan fingerprint density at radius 1 is 0.950 bits per heavy atom. The number of hydrogen-bond acceptors (Lipinski definition) is 1. The Kier molecular flexibility index (Phi) is 3.55. The Labute approximate surface area is 126 Å². The van der Waals surface area contributed by atoms with E-state index in [0.29, 0.717) is 23.1 Å². The number of rotatable bonds is 3. The first-order valence-electron chi connectivity index (χ1n) is 6.24. The SMILES string of the molecule is O=c1ccccn1CCn1ccc2c(Cl)cc(Cl)cc21. The van der Waals surface area contributed by atoms with E-state index in [1.807, 2.05) is 29.0 Å². The molecule has 0 aliphatic heterocycles. The number of halogens is 2. The van der Waals surface area contributed by atoms with Crippen molar-refractivity contribution >= 4 is 34.1 Å². The summed E-state index contributed by atoms with van der Waals surface area (Å²) >= 11 is 12.2. The summed E-state index contributed by atoms with van der Waals surface area (Å²) in [5, 5.41) is 2.22. The van der Waals surface area contributed by atoms with Gasteiger partial charge in [0.25, 0.3) is 5.56 Å². The van der Waals surface area contributed by atoms with Gasteiger partial charge in [0.1, 0.15) is 0 Å². The summed E-state index contributed by atoms with van der Waals surface area (Å²) < 4.78 is 3.73. The molecule has 0 aliphatic carbocycles. The van der Waals surface area contributed by atoms with Crippen LogP contribution in [0.5, 0.6) is 0 Å². The zero-order chi connectivity index (χ0) is 14.1. The lowest BCUT2D eigenvalue weighted by Crippen LogP contribution is -2.20. The standard InChI is InChI=1S/C15H12Cl2N2O/c16-11-9-13(17)12-4-6-18(14(12)10-11)7-8-19-5-2-1-3-15(19)20/h1-6,9-10H,7-8H2. The van der Waals surface area contributed by atoms with Crippen LogP contribution < -0.4 is 5.56 Å². The molecule has 3 rings (SSSR count). The van der Waals surface area contributed by atoms with Crippen molar-refractivity contribution in [3.05, 3.63) is 69.2 Å². The van der Waals surface area contributed by atoms with Crippen LogP contribution in [0.4, 0.5) is 0 Å². The molecule has 0 fully saturated rings. The number of fused-ring (bicyclic) bond motifs is 1. The Hall–Kier alpha value is -1.71. The molecular weight excluding hydrogens is 295 g/mol. The number of pyridine rings is 1. The second-order valence-electron chi connectivity index (χ2n) is 4.56. The second kappa shape index (κ2) is 5.35. The average Bonchev–Trinajstić information content (AvgIpc) is 2.81. The lowest BCUT2D eigenvalue weighted by Gasteiger charge is -2.08. The molecule has 1 aromatic carbocycles. The quantitative estimate of drug-likeness (QED) is 0.723. The normalized spacial score (nSPS) is 11.1. The van der Waals surface area contributed by atoms with Gasteiger partial charge in [-0.2, -0.15) is 0 Å². The third kappa shape index (κ3) is 2.47. The fourth-order valence-electron chi connectivity index (χ4n) is 2.27. The fourth-order valence-corrected chi connectivity index (χ4v) is 2.82. The topological polar surface area (TPSA) is 26.9 Å². The van der Waals surface area contributed by atoms with Gasteiger partial charge in [-0.25, -0.2) is 0 Å². The molecule has 3 aromatic rings. The molecule has 20 heavy (non-hydrogen) atoms. The summed E-state index contributed by atoms with van der Waals surface area (Å²) in [5.41, 5.74) is 0.978. The van der Waals surface area contributed by atoms with Gasteiger partial charge in [-0.1, -0.05) is 29.3 Å². The van der Waals surface area contributed by atoms with Crippen LogP contribution in [0.15, 0.2) is 53.6 Å². The smallest absolute Gasteiger partial charge is 0.250 e. The van der Waals surface area contributed by atoms with E-state index in [1.54, 1.807) is 29.0 Å². The van der Waals surface area contributed by atoms with E-state index in [9.17, 15) is 4.79 Å². The number of hydrogen-bond donors (Lipinski definition) is 0. The molecule has 0 atom stereocenters. The van der Waals surface area contributed by atoms with Crippen LogP contribution in [0.3, 0.4) is 0 Å². The minimum Gasteiger partial charge on any atom is -0.346 e. The van der Waals surface area contributed by atoms with Gasteiger partial charge in [0, 0.05) is 42.0 Å². The molecular formula is C15H12Cl2N2O. The molecule has 0 amide bonds. The molecule has 0 saturated carbocycles. The lowest BCUT2D eigenvalue weighted by atomic mass is 10.2. The Morgan fingerprint density at radius 2 is 1.75 bits per heavy atom. The van der Waals surface area contributed by atoms with Crippen molar-refractivity contribution in [2.75, 3.05) is 0 Å². The Morgan fingerprint density at radius 3 is 2.55 bits per heavy atom. The molecule has 102 valence electrons. The molecule has 0 unspecified atom stereocenters. The molecule has 0 aliphatic rings. The molecule has 5 heteroatoms. The number of aromatic nitrogens is 2. The summed E-state index contributed by atoms with van der Waals surface area (Å²) in [6.45, 7) is 1.29. The molecule has 0 N–H and O–H groups in total. The molecule has 3 nitrogen and oxygen atoms in total. The van der Waals surface area contributed by atoms with Crippen LogP contribution in [0.1, 0.15) is 0 Å². The summed E-state index contributed by atoms with van der Waals surface area (Å²) in [4.78, 5) is 11.7. The molecule has 0 radical (unpaired) electrons. The van der Waals surface area contributed by atoms with E-state index in [2.05, 4.69) is 0 Å². The van der Waals surface area contributed by atoms with E-state index in [1.165, 1.54) is 0 Å². The summed E-state index contributed by atoms with van der Waals surface area (Å²) in [6, 6.07) is 10.7. The third-order valence-electron chi connectivity index (χ3n) is 3.28. The fraction of sp³-hybridized carbons (Fsp3) is 0.133. The maximum Gasteiger partial charge on any atom is 0.250 e. The zero-order valence-corrected chi connectivity index (χ0v) is 12.1. The van der Waals surface area contributed by atoms with Gasteiger partial charge in [0.2, 0.25) is 0 Å². The van der Waals surface area contributed by atoms with E-state index in [4.69, 9.17) is 23.2 Å². The van der Waals surface area contributed by atoms with Gasteiger partial charge in [0.05, 0.1) is 10.5 Å². The summed E-state index contributed by atoms with van der Waals surface area (Å²) in [7, 11) is 0. The molecule has 2 aromatic heterocycles. The van der Waals surface area contributed by atoms with Crippen molar-refractivity contribution in [3.63, 3.8) is 0 Å². The Bertz CT molecular complexity index is 820. The van der Waals surface area contributed by atoms with Gasteiger partial charge in [0.15, 0.2) is 0 Å². The number of nitrogens with zero attached hydrogens (tertiary/aromatic N) is 2. The van der Waals surface area contributed by atoms with Crippen molar-refractivity contribution < 1.29 is 0 Å².